The van der Waals surface area contributed by atoms with Crippen molar-refractivity contribution in [2.75, 3.05) is 4.05 Å². The zero-order valence-corrected chi connectivity index (χ0v) is 11.0. The third-order valence-corrected chi connectivity index (χ3v) is 9.10. The normalized spacial score (nSPS) is 24.4. The summed E-state index contributed by atoms with van der Waals surface area (Å²) in [4.78, 5) is 0. The summed E-state index contributed by atoms with van der Waals surface area (Å²) < 4.78 is 7.26. The highest BCUT2D eigenvalue weighted by Gasteiger charge is 2.24. The molecule has 0 bridgehead atoms. The zero-order valence-electron chi connectivity index (χ0n) is 7.85. The molecule has 0 saturated heterocycles. The molecule has 1 aliphatic carbocycles. The molecule has 0 radical (unpaired) electrons. The molecular formula is C9H17IOSi. The molecule has 0 aromatic carbocycles. The van der Waals surface area contributed by atoms with Crippen molar-refractivity contribution in [3.8, 4) is 0 Å². The SMILES string of the molecule is C[Si](C)(CI)OC1C=CCCC1. The van der Waals surface area contributed by atoms with Gasteiger partial charge in [0, 0.05) is 4.05 Å². The fourth-order valence-corrected chi connectivity index (χ4v) is 2.94. The van der Waals surface area contributed by atoms with Gasteiger partial charge in [0.1, 0.15) is 0 Å². The quantitative estimate of drug-likeness (QED) is 0.336. The van der Waals surface area contributed by atoms with E-state index in [-0.39, 0.29) is 0 Å². The molecule has 12 heavy (non-hydrogen) atoms. The minimum Gasteiger partial charge on any atom is -0.410 e. The second-order valence-corrected chi connectivity index (χ2v) is 10.2. The van der Waals surface area contributed by atoms with Crippen LogP contribution in [0, 0.1) is 0 Å². The van der Waals surface area contributed by atoms with Gasteiger partial charge in [-0.05, 0) is 32.4 Å². The van der Waals surface area contributed by atoms with Crippen molar-refractivity contribution < 1.29 is 4.43 Å². The molecule has 0 spiro atoms. The van der Waals surface area contributed by atoms with Crippen molar-refractivity contribution in [1.82, 2.24) is 0 Å². The van der Waals surface area contributed by atoms with Crippen LogP contribution in [0.1, 0.15) is 19.3 Å². The highest BCUT2D eigenvalue weighted by molar-refractivity contribution is 14.1. The predicted octanol–water partition coefficient (Wildman–Crippen LogP) is 3.29. The van der Waals surface area contributed by atoms with Crippen LogP contribution in [0.4, 0.5) is 0 Å². The Balaban J connectivity index is 2.39. The highest BCUT2D eigenvalue weighted by Crippen LogP contribution is 2.19. The van der Waals surface area contributed by atoms with Crippen LogP contribution in [-0.4, -0.2) is 18.5 Å². The molecule has 0 aliphatic heterocycles. The van der Waals surface area contributed by atoms with Gasteiger partial charge in [-0.1, -0.05) is 34.7 Å². The van der Waals surface area contributed by atoms with Gasteiger partial charge in [0.15, 0.2) is 8.32 Å². The van der Waals surface area contributed by atoms with Gasteiger partial charge in [-0.2, -0.15) is 0 Å². The van der Waals surface area contributed by atoms with E-state index in [1.807, 2.05) is 0 Å². The zero-order chi connectivity index (χ0) is 9.03. The first-order valence-corrected chi connectivity index (χ1v) is 9.18. The van der Waals surface area contributed by atoms with E-state index in [2.05, 4.69) is 47.8 Å². The average molecular weight is 296 g/mol. The summed E-state index contributed by atoms with van der Waals surface area (Å²) >= 11 is 2.44. The number of hydrogen-bond donors (Lipinski definition) is 0. The number of hydrogen-bond acceptors (Lipinski definition) is 1. The van der Waals surface area contributed by atoms with Crippen molar-refractivity contribution in [1.29, 1.82) is 0 Å². The van der Waals surface area contributed by atoms with Gasteiger partial charge in [0.2, 0.25) is 0 Å². The van der Waals surface area contributed by atoms with Crippen LogP contribution in [0.2, 0.25) is 13.1 Å². The van der Waals surface area contributed by atoms with Crippen LogP contribution >= 0.6 is 22.6 Å². The van der Waals surface area contributed by atoms with Crippen molar-refractivity contribution in [3.63, 3.8) is 0 Å². The van der Waals surface area contributed by atoms with E-state index in [1.165, 1.54) is 23.3 Å². The Morgan fingerprint density at radius 2 is 2.33 bits per heavy atom. The van der Waals surface area contributed by atoms with E-state index >= 15 is 0 Å². The van der Waals surface area contributed by atoms with E-state index in [1.54, 1.807) is 0 Å². The molecule has 1 unspecified atom stereocenters. The second kappa shape index (κ2) is 4.76. The lowest BCUT2D eigenvalue weighted by Gasteiger charge is -2.27. The maximum atomic E-state index is 6.07. The van der Waals surface area contributed by atoms with Crippen LogP contribution in [0.25, 0.3) is 0 Å². The lowest BCUT2D eigenvalue weighted by atomic mass is 10.1. The molecule has 1 rings (SSSR count). The first kappa shape index (κ1) is 10.7. The van der Waals surface area contributed by atoms with E-state index in [9.17, 15) is 0 Å². The molecule has 0 amide bonds. The van der Waals surface area contributed by atoms with Crippen molar-refractivity contribution in [3.05, 3.63) is 12.2 Å². The Bertz CT molecular complexity index is 168. The Kier molecular flexibility index (Phi) is 4.26. The number of halogens is 1. The Hall–Kier alpha value is 0.647. The maximum absolute atomic E-state index is 6.07. The van der Waals surface area contributed by atoms with Crippen LogP contribution < -0.4 is 0 Å². The molecule has 1 atom stereocenters. The lowest BCUT2D eigenvalue weighted by Crippen LogP contribution is -2.37. The average Bonchev–Trinajstić information content (AvgIpc) is 2.06. The molecular weight excluding hydrogens is 279 g/mol. The molecule has 0 N–H and O–H groups in total. The monoisotopic (exact) mass is 296 g/mol. The first-order valence-electron chi connectivity index (χ1n) is 4.54. The van der Waals surface area contributed by atoms with E-state index < -0.39 is 8.32 Å². The second-order valence-electron chi connectivity index (χ2n) is 3.91. The number of allylic oxidation sites excluding steroid dienone is 1. The summed E-state index contributed by atoms with van der Waals surface area (Å²) in [5.41, 5.74) is 0. The van der Waals surface area contributed by atoms with Crippen LogP contribution in [-0.2, 0) is 4.43 Å². The molecule has 0 fully saturated rings. The summed E-state index contributed by atoms with van der Waals surface area (Å²) in [7, 11) is -1.33. The highest BCUT2D eigenvalue weighted by atomic mass is 127. The van der Waals surface area contributed by atoms with Gasteiger partial charge in [0.25, 0.3) is 0 Å². The van der Waals surface area contributed by atoms with Gasteiger partial charge >= 0.3 is 0 Å². The van der Waals surface area contributed by atoms with Crippen LogP contribution in [0.15, 0.2) is 12.2 Å². The summed E-state index contributed by atoms with van der Waals surface area (Å²) in [5.74, 6) is 0. The van der Waals surface area contributed by atoms with Crippen LogP contribution in [0.5, 0.6) is 0 Å². The maximum Gasteiger partial charge on any atom is 0.197 e. The first-order chi connectivity index (χ1) is 5.64. The molecule has 0 aromatic rings. The summed E-state index contributed by atoms with van der Waals surface area (Å²) in [5, 5.41) is 0. The summed E-state index contributed by atoms with van der Waals surface area (Å²) in [6, 6.07) is 0. The Morgan fingerprint density at radius 3 is 2.83 bits per heavy atom. The lowest BCUT2D eigenvalue weighted by molar-refractivity contribution is 0.222. The van der Waals surface area contributed by atoms with Crippen molar-refractivity contribution >= 4 is 30.9 Å². The molecule has 0 aromatic heterocycles. The smallest absolute Gasteiger partial charge is 0.197 e. The van der Waals surface area contributed by atoms with Crippen molar-refractivity contribution in [2.45, 2.75) is 38.5 Å². The predicted molar refractivity (Wildman–Crippen MR) is 64.2 cm³/mol. The minimum absolute atomic E-state index is 0.426. The largest absolute Gasteiger partial charge is 0.410 e. The van der Waals surface area contributed by atoms with Gasteiger partial charge < -0.3 is 4.43 Å². The van der Waals surface area contributed by atoms with Gasteiger partial charge in [-0.3, -0.25) is 0 Å². The molecule has 0 saturated carbocycles. The summed E-state index contributed by atoms with van der Waals surface area (Å²) in [6.45, 7) is 4.59. The summed E-state index contributed by atoms with van der Waals surface area (Å²) in [6.07, 6.45) is 8.69. The number of alkyl halides is 1. The van der Waals surface area contributed by atoms with Crippen LogP contribution in [0.3, 0.4) is 0 Å². The minimum atomic E-state index is -1.33. The van der Waals surface area contributed by atoms with Gasteiger partial charge in [-0.15, -0.1) is 0 Å². The number of rotatable bonds is 3. The molecule has 70 valence electrons. The molecule has 1 nitrogen and oxygen atoms in total. The van der Waals surface area contributed by atoms with E-state index in [0.29, 0.717) is 6.10 Å². The van der Waals surface area contributed by atoms with Gasteiger partial charge in [0.05, 0.1) is 6.10 Å². The fourth-order valence-electron chi connectivity index (χ4n) is 1.32. The van der Waals surface area contributed by atoms with E-state index in [0.717, 1.165) is 0 Å². The fraction of sp³-hybridized carbons (Fsp3) is 0.778. The third kappa shape index (κ3) is 3.58. The topological polar surface area (TPSA) is 9.23 Å². The molecule has 0 heterocycles. The standard InChI is InChI=1S/C9H17IOSi/c1-12(2,8-10)11-9-6-4-3-5-7-9/h4,6,9H,3,5,7-8H2,1-2H3. The van der Waals surface area contributed by atoms with Gasteiger partial charge in [-0.25, -0.2) is 0 Å². The van der Waals surface area contributed by atoms with Crippen molar-refractivity contribution in [2.24, 2.45) is 0 Å². The third-order valence-electron chi connectivity index (χ3n) is 2.00. The van der Waals surface area contributed by atoms with E-state index in [4.69, 9.17) is 4.43 Å². The Morgan fingerprint density at radius 1 is 1.58 bits per heavy atom. The molecule has 1 aliphatic rings. The molecule has 3 heteroatoms. The Labute approximate surface area is 89.8 Å².